The highest BCUT2D eigenvalue weighted by Crippen LogP contribution is 2.31. The van der Waals surface area contributed by atoms with E-state index < -0.39 is 0 Å². The summed E-state index contributed by atoms with van der Waals surface area (Å²) in [6.45, 7) is 0.427. The molecule has 2 aromatic rings. The van der Waals surface area contributed by atoms with E-state index in [4.69, 9.17) is 14.6 Å². The van der Waals surface area contributed by atoms with E-state index >= 15 is 0 Å². The second kappa shape index (κ2) is 8.75. The minimum absolute atomic E-state index is 0.00785. The van der Waals surface area contributed by atoms with Crippen molar-refractivity contribution in [2.24, 2.45) is 5.10 Å². The Bertz CT molecular complexity index is 662. The average molecular weight is 318 g/mol. The van der Waals surface area contributed by atoms with Crippen LogP contribution in [0.4, 0.5) is 4.39 Å². The normalized spacial score (nSPS) is 10.7. The third-order valence-corrected chi connectivity index (χ3v) is 3.08. The predicted octanol–water partition coefficient (Wildman–Crippen LogP) is 2.33. The molecule has 2 aromatic carbocycles. The van der Waals surface area contributed by atoms with Crippen LogP contribution in [0.2, 0.25) is 0 Å². The molecule has 2 rings (SSSR count). The number of aliphatic hydroxyl groups is 1. The third-order valence-electron chi connectivity index (χ3n) is 3.08. The Hall–Kier alpha value is -2.60. The van der Waals surface area contributed by atoms with Gasteiger partial charge in [-0.2, -0.15) is 5.10 Å². The van der Waals surface area contributed by atoms with E-state index in [1.54, 1.807) is 30.5 Å². The van der Waals surface area contributed by atoms with Crippen molar-refractivity contribution >= 4 is 6.21 Å². The van der Waals surface area contributed by atoms with Crippen molar-refractivity contribution in [3.63, 3.8) is 0 Å². The fourth-order valence-corrected chi connectivity index (χ4v) is 1.94. The van der Waals surface area contributed by atoms with Gasteiger partial charge in [-0.05, 0) is 18.2 Å². The van der Waals surface area contributed by atoms with E-state index in [2.05, 4.69) is 10.5 Å². The van der Waals surface area contributed by atoms with Gasteiger partial charge in [0, 0.05) is 11.1 Å². The number of aliphatic hydroxyl groups excluding tert-OH is 1. The summed E-state index contributed by atoms with van der Waals surface area (Å²) in [4.78, 5) is 0. The van der Waals surface area contributed by atoms with Crippen LogP contribution in [-0.4, -0.2) is 31.6 Å². The molecule has 5 nitrogen and oxygen atoms in total. The zero-order valence-corrected chi connectivity index (χ0v) is 12.8. The van der Waals surface area contributed by atoms with E-state index in [0.29, 0.717) is 29.2 Å². The molecular weight excluding hydrogens is 299 g/mol. The molecule has 0 saturated carbocycles. The number of para-hydroxylation sites is 1. The maximum atomic E-state index is 13.7. The summed E-state index contributed by atoms with van der Waals surface area (Å²) in [5.74, 6) is 0.697. The van der Waals surface area contributed by atoms with Gasteiger partial charge in [-0.1, -0.05) is 24.3 Å². The first-order valence-electron chi connectivity index (χ1n) is 7.16. The standard InChI is InChI=1S/C17H19FN2O3/c1-22-16-8-4-6-13(11-20-19-9-10-21)17(16)23-12-14-5-2-3-7-15(14)18/h2-8,11,19,21H,9-10,12H2,1H3. The Morgan fingerprint density at radius 2 is 2.04 bits per heavy atom. The maximum Gasteiger partial charge on any atom is 0.170 e. The zero-order chi connectivity index (χ0) is 16.5. The van der Waals surface area contributed by atoms with Gasteiger partial charge in [0.25, 0.3) is 0 Å². The number of hydrogen-bond donors (Lipinski definition) is 2. The second-order valence-corrected chi connectivity index (χ2v) is 4.65. The average Bonchev–Trinajstić information content (AvgIpc) is 2.58. The van der Waals surface area contributed by atoms with Gasteiger partial charge in [-0.3, -0.25) is 0 Å². The van der Waals surface area contributed by atoms with Gasteiger partial charge in [-0.15, -0.1) is 0 Å². The molecule has 0 atom stereocenters. The number of nitrogens with zero attached hydrogens (tertiary/aromatic N) is 1. The maximum absolute atomic E-state index is 13.7. The summed E-state index contributed by atoms with van der Waals surface area (Å²) >= 11 is 0. The van der Waals surface area contributed by atoms with Gasteiger partial charge < -0.3 is 20.0 Å². The molecule has 23 heavy (non-hydrogen) atoms. The van der Waals surface area contributed by atoms with Crippen molar-refractivity contribution in [2.75, 3.05) is 20.3 Å². The molecule has 0 aliphatic rings. The van der Waals surface area contributed by atoms with Gasteiger partial charge in [0.1, 0.15) is 12.4 Å². The minimum atomic E-state index is -0.317. The number of hydrogen-bond acceptors (Lipinski definition) is 5. The summed E-state index contributed by atoms with van der Waals surface area (Å²) in [5, 5.41) is 12.7. The van der Waals surface area contributed by atoms with Gasteiger partial charge in [0.15, 0.2) is 11.5 Å². The van der Waals surface area contributed by atoms with Crippen molar-refractivity contribution in [2.45, 2.75) is 6.61 Å². The van der Waals surface area contributed by atoms with Gasteiger partial charge in [-0.25, -0.2) is 4.39 Å². The molecule has 0 spiro atoms. The number of benzene rings is 2. The first-order chi connectivity index (χ1) is 11.3. The van der Waals surface area contributed by atoms with Gasteiger partial charge in [0.2, 0.25) is 0 Å². The number of hydrazone groups is 1. The molecule has 0 unspecified atom stereocenters. The van der Waals surface area contributed by atoms with Gasteiger partial charge in [0.05, 0.1) is 26.5 Å². The molecule has 0 saturated heterocycles. The minimum Gasteiger partial charge on any atom is -0.493 e. The lowest BCUT2D eigenvalue weighted by Gasteiger charge is -2.13. The summed E-state index contributed by atoms with van der Waals surface area (Å²) in [6.07, 6.45) is 1.56. The van der Waals surface area contributed by atoms with Crippen LogP contribution in [0, 0.1) is 5.82 Å². The van der Waals surface area contributed by atoms with Crippen molar-refractivity contribution in [1.82, 2.24) is 5.43 Å². The fourth-order valence-electron chi connectivity index (χ4n) is 1.94. The molecule has 0 amide bonds. The van der Waals surface area contributed by atoms with Crippen molar-refractivity contribution in [3.8, 4) is 11.5 Å². The molecule has 0 aromatic heterocycles. The summed E-state index contributed by atoms with van der Waals surface area (Å²) in [5.41, 5.74) is 3.84. The summed E-state index contributed by atoms with van der Waals surface area (Å²) in [6, 6.07) is 11.8. The van der Waals surface area contributed by atoms with Crippen LogP contribution in [0.25, 0.3) is 0 Å². The number of halogens is 1. The lowest BCUT2D eigenvalue weighted by atomic mass is 10.2. The smallest absolute Gasteiger partial charge is 0.170 e. The summed E-state index contributed by atoms with van der Waals surface area (Å²) in [7, 11) is 1.54. The Kier molecular flexibility index (Phi) is 6.38. The molecule has 0 aliphatic heterocycles. The van der Waals surface area contributed by atoms with Crippen LogP contribution in [-0.2, 0) is 6.61 Å². The quantitative estimate of drug-likeness (QED) is 0.445. The highest BCUT2D eigenvalue weighted by molar-refractivity contribution is 5.84. The topological polar surface area (TPSA) is 63.1 Å². The third kappa shape index (κ3) is 4.69. The fraction of sp³-hybridized carbons (Fsp3) is 0.235. The number of rotatable bonds is 8. The van der Waals surface area contributed by atoms with Crippen LogP contribution in [0.5, 0.6) is 11.5 Å². The molecular formula is C17H19FN2O3. The van der Waals surface area contributed by atoms with E-state index in [1.165, 1.54) is 13.2 Å². The summed E-state index contributed by atoms with van der Waals surface area (Å²) < 4.78 is 24.7. The monoisotopic (exact) mass is 318 g/mol. The van der Waals surface area contributed by atoms with Gasteiger partial charge >= 0.3 is 0 Å². The number of methoxy groups -OCH3 is 1. The van der Waals surface area contributed by atoms with Crippen LogP contribution in [0.3, 0.4) is 0 Å². The highest BCUT2D eigenvalue weighted by Gasteiger charge is 2.11. The first-order valence-corrected chi connectivity index (χ1v) is 7.16. The van der Waals surface area contributed by atoms with Crippen molar-refractivity contribution in [1.29, 1.82) is 0 Å². The zero-order valence-electron chi connectivity index (χ0n) is 12.8. The lowest BCUT2D eigenvalue weighted by Crippen LogP contribution is -2.11. The highest BCUT2D eigenvalue weighted by atomic mass is 19.1. The molecule has 0 aliphatic carbocycles. The second-order valence-electron chi connectivity index (χ2n) is 4.65. The van der Waals surface area contributed by atoms with Crippen molar-refractivity contribution < 1.29 is 19.0 Å². The molecule has 0 heterocycles. The molecule has 122 valence electrons. The SMILES string of the molecule is COc1cccc(C=NNCCO)c1OCc1ccccc1F. The van der Waals surface area contributed by atoms with E-state index in [9.17, 15) is 4.39 Å². The van der Waals surface area contributed by atoms with Crippen LogP contribution in [0.15, 0.2) is 47.6 Å². The lowest BCUT2D eigenvalue weighted by molar-refractivity contribution is 0.279. The van der Waals surface area contributed by atoms with Crippen LogP contribution >= 0.6 is 0 Å². The molecule has 0 fully saturated rings. The Labute approximate surface area is 134 Å². The Balaban J connectivity index is 2.18. The van der Waals surface area contributed by atoms with E-state index in [1.807, 2.05) is 12.1 Å². The van der Waals surface area contributed by atoms with Crippen molar-refractivity contribution in [3.05, 3.63) is 59.4 Å². The largest absolute Gasteiger partial charge is 0.493 e. The molecule has 6 heteroatoms. The first kappa shape index (κ1) is 16.8. The molecule has 0 bridgehead atoms. The molecule has 0 radical (unpaired) electrons. The van der Waals surface area contributed by atoms with Crippen LogP contribution < -0.4 is 14.9 Å². The molecule has 2 N–H and O–H groups in total. The Morgan fingerprint density at radius 3 is 2.78 bits per heavy atom. The number of ether oxygens (including phenoxy) is 2. The van der Waals surface area contributed by atoms with Crippen LogP contribution in [0.1, 0.15) is 11.1 Å². The Morgan fingerprint density at radius 1 is 1.22 bits per heavy atom. The van der Waals surface area contributed by atoms with E-state index in [-0.39, 0.29) is 19.0 Å². The van der Waals surface area contributed by atoms with E-state index in [0.717, 1.165) is 0 Å². The predicted molar refractivity (Wildman–Crippen MR) is 86.4 cm³/mol. The number of nitrogens with one attached hydrogen (secondary N) is 1.